The van der Waals surface area contributed by atoms with Crippen LogP contribution in [0.25, 0.3) is 82.8 Å². The van der Waals surface area contributed by atoms with E-state index >= 15 is 0 Å². The van der Waals surface area contributed by atoms with E-state index in [9.17, 15) is 0 Å². The second-order valence-electron chi connectivity index (χ2n) is 18.0. The predicted octanol–water partition coefficient (Wildman–Crippen LogP) is 17.1. The Morgan fingerprint density at radius 2 is 0.806 bits per heavy atom. The third-order valence-electron chi connectivity index (χ3n) is 14.6. The van der Waals surface area contributed by atoms with Crippen LogP contribution in [-0.4, -0.2) is 4.57 Å². The molecule has 67 heavy (non-hydrogen) atoms. The molecule has 12 aromatic rings. The van der Waals surface area contributed by atoms with Gasteiger partial charge in [0.25, 0.3) is 0 Å². The standard InChI is InChI=1S/C65H42N2/c1-2-15-43(16-3-1)45-29-33-49(34-30-45)67-63-28-13-9-24-57(63)58-37-32-48(41-64(58)67)47-19-14-20-50(40-47)66(51-35-31-44-17-4-5-18-46(44)39-51)52-36-38-56-55-23-8-12-27-61(55)65(62(56)42-52)59-25-10-6-21-53(59)54-22-7-11-26-60(54)65/h1-42H. The van der Waals surface area contributed by atoms with Crippen molar-refractivity contribution in [2.75, 3.05) is 4.90 Å². The van der Waals surface area contributed by atoms with E-state index < -0.39 is 5.41 Å². The molecule has 0 N–H and O–H groups in total. The number of nitrogens with zero attached hydrogens (tertiary/aromatic N) is 2. The van der Waals surface area contributed by atoms with Gasteiger partial charge in [0.2, 0.25) is 0 Å². The summed E-state index contributed by atoms with van der Waals surface area (Å²) in [5.41, 5.74) is 21.7. The van der Waals surface area contributed by atoms with E-state index in [1.165, 1.54) is 93.8 Å². The largest absolute Gasteiger partial charge is 0.310 e. The van der Waals surface area contributed by atoms with E-state index in [2.05, 4.69) is 264 Å². The molecule has 0 saturated carbocycles. The number of hydrogen-bond donors (Lipinski definition) is 0. The molecule has 2 heteroatoms. The van der Waals surface area contributed by atoms with E-state index in [1.54, 1.807) is 0 Å². The molecule has 0 amide bonds. The summed E-state index contributed by atoms with van der Waals surface area (Å²) in [6.07, 6.45) is 0. The zero-order chi connectivity index (χ0) is 44.1. The Morgan fingerprint density at radius 3 is 1.55 bits per heavy atom. The van der Waals surface area contributed by atoms with Crippen LogP contribution in [0.15, 0.2) is 255 Å². The van der Waals surface area contributed by atoms with Crippen LogP contribution >= 0.6 is 0 Å². The van der Waals surface area contributed by atoms with Crippen molar-refractivity contribution in [1.29, 1.82) is 0 Å². The molecule has 0 saturated heterocycles. The van der Waals surface area contributed by atoms with Crippen molar-refractivity contribution in [3.05, 3.63) is 277 Å². The van der Waals surface area contributed by atoms with Crippen molar-refractivity contribution in [3.63, 3.8) is 0 Å². The highest BCUT2D eigenvalue weighted by Gasteiger charge is 2.51. The summed E-state index contributed by atoms with van der Waals surface area (Å²) < 4.78 is 2.42. The lowest BCUT2D eigenvalue weighted by Crippen LogP contribution is -2.26. The van der Waals surface area contributed by atoms with Crippen molar-refractivity contribution in [2.24, 2.45) is 0 Å². The van der Waals surface area contributed by atoms with Gasteiger partial charge in [0.05, 0.1) is 16.4 Å². The number of hydrogen-bond acceptors (Lipinski definition) is 1. The number of para-hydroxylation sites is 1. The van der Waals surface area contributed by atoms with Gasteiger partial charge in [-0.15, -0.1) is 0 Å². The second-order valence-corrected chi connectivity index (χ2v) is 18.0. The number of fused-ring (bicyclic) bond motifs is 14. The summed E-state index contributed by atoms with van der Waals surface area (Å²) >= 11 is 0. The minimum atomic E-state index is -0.443. The first-order chi connectivity index (χ1) is 33.2. The summed E-state index contributed by atoms with van der Waals surface area (Å²) in [6.45, 7) is 0. The molecule has 1 aromatic heterocycles. The Morgan fingerprint density at radius 1 is 0.284 bits per heavy atom. The van der Waals surface area contributed by atoms with E-state index in [1.807, 2.05) is 0 Å². The van der Waals surface area contributed by atoms with E-state index in [0.717, 1.165) is 28.3 Å². The average molecular weight is 851 g/mol. The zero-order valence-electron chi connectivity index (χ0n) is 36.6. The molecule has 0 atom stereocenters. The molecule has 1 heterocycles. The van der Waals surface area contributed by atoms with Gasteiger partial charge in [0.15, 0.2) is 0 Å². The van der Waals surface area contributed by atoms with Crippen LogP contribution in [0.2, 0.25) is 0 Å². The third kappa shape index (κ3) is 5.57. The molecular weight excluding hydrogens is 809 g/mol. The molecule has 2 nitrogen and oxygen atoms in total. The average Bonchev–Trinajstić information content (AvgIpc) is 4.00. The molecule has 0 radical (unpaired) electrons. The van der Waals surface area contributed by atoms with Crippen LogP contribution in [0.1, 0.15) is 22.3 Å². The topological polar surface area (TPSA) is 8.17 Å². The highest BCUT2D eigenvalue weighted by Crippen LogP contribution is 2.63. The maximum atomic E-state index is 2.49. The molecule has 2 aliphatic rings. The summed E-state index contributed by atoms with van der Waals surface area (Å²) in [7, 11) is 0. The van der Waals surface area contributed by atoms with Gasteiger partial charge in [-0.3, -0.25) is 0 Å². The summed E-state index contributed by atoms with van der Waals surface area (Å²) in [4.78, 5) is 2.46. The van der Waals surface area contributed by atoms with Crippen molar-refractivity contribution < 1.29 is 0 Å². The summed E-state index contributed by atoms with van der Waals surface area (Å²) in [5, 5.41) is 4.92. The summed E-state index contributed by atoms with van der Waals surface area (Å²) in [5.74, 6) is 0. The van der Waals surface area contributed by atoms with Crippen LogP contribution in [0, 0.1) is 0 Å². The Kier molecular flexibility index (Phi) is 8.23. The molecule has 0 fully saturated rings. The van der Waals surface area contributed by atoms with Crippen LogP contribution in [0.3, 0.4) is 0 Å². The van der Waals surface area contributed by atoms with Crippen LogP contribution in [-0.2, 0) is 5.41 Å². The Hall–Kier alpha value is -8.72. The van der Waals surface area contributed by atoms with E-state index in [4.69, 9.17) is 0 Å². The molecule has 2 aliphatic carbocycles. The van der Waals surface area contributed by atoms with Crippen LogP contribution in [0.5, 0.6) is 0 Å². The van der Waals surface area contributed by atoms with Gasteiger partial charge in [-0.25, -0.2) is 0 Å². The van der Waals surface area contributed by atoms with E-state index in [0.29, 0.717) is 0 Å². The van der Waals surface area contributed by atoms with Crippen molar-refractivity contribution in [1.82, 2.24) is 4.57 Å². The lowest BCUT2D eigenvalue weighted by Gasteiger charge is -2.32. The minimum absolute atomic E-state index is 0.443. The summed E-state index contributed by atoms with van der Waals surface area (Å²) in [6, 6.07) is 94.4. The smallest absolute Gasteiger partial charge is 0.0726 e. The first kappa shape index (κ1) is 37.6. The normalized spacial score (nSPS) is 12.9. The number of benzene rings is 11. The lowest BCUT2D eigenvalue weighted by atomic mass is 9.70. The molecule has 0 aliphatic heterocycles. The quantitative estimate of drug-likeness (QED) is 0.162. The van der Waals surface area contributed by atoms with Gasteiger partial charge < -0.3 is 9.47 Å². The van der Waals surface area contributed by atoms with Gasteiger partial charge >= 0.3 is 0 Å². The number of rotatable bonds is 6. The van der Waals surface area contributed by atoms with Gasteiger partial charge in [-0.05, 0) is 138 Å². The zero-order valence-corrected chi connectivity index (χ0v) is 36.6. The molecule has 1 spiro atoms. The number of anilines is 3. The highest BCUT2D eigenvalue weighted by atomic mass is 15.1. The number of aromatic nitrogens is 1. The fourth-order valence-electron chi connectivity index (χ4n) is 11.7. The van der Waals surface area contributed by atoms with Crippen LogP contribution < -0.4 is 4.90 Å². The maximum absolute atomic E-state index is 2.49. The highest BCUT2D eigenvalue weighted by molar-refractivity contribution is 6.10. The maximum Gasteiger partial charge on any atom is 0.0726 e. The predicted molar refractivity (Wildman–Crippen MR) is 280 cm³/mol. The second kappa shape index (κ2) is 14.7. The van der Waals surface area contributed by atoms with Gasteiger partial charge in [-0.1, -0.05) is 194 Å². The minimum Gasteiger partial charge on any atom is -0.310 e. The molecule has 0 bridgehead atoms. The molecule has 11 aromatic carbocycles. The fraction of sp³-hybridized carbons (Fsp3) is 0.0154. The Balaban J connectivity index is 0.949. The third-order valence-corrected chi connectivity index (χ3v) is 14.6. The van der Waals surface area contributed by atoms with Gasteiger partial charge in [-0.2, -0.15) is 0 Å². The van der Waals surface area contributed by atoms with E-state index in [-0.39, 0.29) is 0 Å². The van der Waals surface area contributed by atoms with Gasteiger partial charge in [0.1, 0.15) is 0 Å². The Bertz CT molecular complexity index is 3870. The lowest BCUT2D eigenvalue weighted by molar-refractivity contribution is 0.793. The first-order valence-corrected chi connectivity index (χ1v) is 23.2. The van der Waals surface area contributed by atoms with Crippen molar-refractivity contribution >= 4 is 49.6 Å². The first-order valence-electron chi connectivity index (χ1n) is 23.2. The van der Waals surface area contributed by atoms with Crippen molar-refractivity contribution in [3.8, 4) is 50.2 Å². The van der Waals surface area contributed by atoms with Gasteiger partial charge in [0, 0.05) is 33.5 Å². The molecule has 312 valence electrons. The molecular formula is C65H42N2. The van der Waals surface area contributed by atoms with Crippen LogP contribution in [0.4, 0.5) is 17.1 Å². The monoisotopic (exact) mass is 850 g/mol. The molecule has 0 unspecified atom stereocenters. The SMILES string of the molecule is c1ccc(-c2ccc(-n3c4ccccc4c4ccc(-c5cccc(N(c6ccc7c(c6)C6(c8ccccc8-c8ccccc86)c6ccccc6-7)c6ccc7ccccc7c6)c5)cc43)cc2)cc1. The molecule has 14 rings (SSSR count). The fourth-order valence-corrected chi connectivity index (χ4v) is 11.7. The Labute approximate surface area is 389 Å². The van der Waals surface area contributed by atoms with Crippen molar-refractivity contribution in [2.45, 2.75) is 5.41 Å².